The van der Waals surface area contributed by atoms with Crippen LogP contribution in [0.15, 0.2) is 12.1 Å². The number of nitrogens with zero attached hydrogens (tertiary/aromatic N) is 2. The molecule has 1 aromatic carbocycles. The molecular formula is C15H24FN3. The SMILES string of the molecule is Cc1cc(N2CCN(C)C(C)C2)c([C@H](C)N)cc1F. The number of halogens is 1. The lowest BCUT2D eigenvalue weighted by molar-refractivity contribution is 0.234. The van der Waals surface area contributed by atoms with Gasteiger partial charge in [-0.05, 0) is 51.1 Å². The molecule has 1 unspecified atom stereocenters. The minimum atomic E-state index is -0.168. The standard InChI is InChI=1S/C15H24FN3/c1-10-7-15(13(12(3)17)8-14(10)16)19-6-5-18(4)11(2)9-19/h7-8,11-12H,5-6,9,17H2,1-4H3/t11?,12-/m0/s1. The van der Waals surface area contributed by atoms with Gasteiger partial charge in [0, 0.05) is 37.4 Å². The molecule has 0 bridgehead atoms. The van der Waals surface area contributed by atoms with E-state index in [4.69, 9.17) is 5.73 Å². The van der Waals surface area contributed by atoms with Gasteiger partial charge in [0.25, 0.3) is 0 Å². The fourth-order valence-electron chi connectivity index (χ4n) is 2.59. The lowest BCUT2D eigenvalue weighted by atomic mass is 10.0. The van der Waals surface area contributed by atoms with Crippen molar-refractivity contribution >= 4 is 5.69 Å². The molecular weight excluding hydrogens is 241 g/mol. The predicted octanol–water partition coefficient (Wildman–Crippen LogP) is 2.29. The van der Waals surface area contributed by atoms with Crippen molar-refractivity contribution in [2.75, 3.05) is 31.6 Å². The summed E-state index contributed by atoms with van der Waals surface area (Å²) in [7, 11) is 2.14. The van der Waals surface area contributed by atoms with E-state index in [0.717, 1.165) is 30.9 Å². The highest BCUT2D eigenvalue weighted by Gasteiger charge is 2.24. The van der Waals surface area contributed by atoms with Crippen molar-refractivity contribution in [1.29, 1.82) is 0 Å². The van der Waals surface area contributed by atoms with Crippen LogP contribution in [0.1, 0.15) is 31.0 Å². The first kappa shape index (κ1) is 14.3. The van der Waals surface area contributed by atoms with Gasteiger partial charge in [0.15, 0.2) is 0 Å². The lowest BCUT2D eigenvalue weighted by Crippen LogP contribution is -2.50. The van der Waals surface area contributed by atoms with Crippen molar-refractivity contribution in [3.63, 3.8) is 0 Å². The average molecular weight is 265 g/mol. The first-order valence-corrected chi connectivity index (χ1v) is 6.91. The maximum absolute atomic E-state index is 13.7. The zero-order valence-corrected chi connectivity index (χ0v) is 12.3. The molecule has 1 aromatic rings. The lowest BCUT2D eigenvalue weighted by Gasteiger charge is -2.40. The molecule has 2 N–H and O–H groups in total. The third kappa shape index (κ3) is 2.90. The fraction of sp³-hybridized carbons (Fsp3) is 0.600. The Labute approximate surface area is 115 Å². The Morgan fingerprint density at radius 3 is 2.63 bits per heavy atom. The summed E-state index contributed by atoms with van der Waals surface area (Å²) in [5, 5.41) is 0. The maximum Gasteiger partial charge on any atom is 0.126 e. The van der Waals surface area contributed by atoms with Crippen LogP contribution >= 0.6 is 0 Å². The van der Waals surface area contributed by atoms with Crippen molar-refractivity contribution in [3.8, 4) is 0 Å². The Hall–Kier alpha value is -1.13. The summed E-state index contributed by atoms with van der Waals surface area (Å²) in [6.45, 7) is 8.88. The summed E-state index contributed by atoms with van der Waals surface area (Å²) in [5.74, 6) is -0.168. The van der Waals surface area contributed by atoms with E-state index < -0.39 is 0 Å². The van der Waals surface area contributed by atoms with E-state index in [2.05, 4.69) is 23.8 Å². The van der Waals surface area contributed by atoms with Gasteiger partial charge in [-0.25, -0.2) is 4.39 Å². The van der Waals surface area contributed by atoms with Crippen LogP contribution in [0.4, 0.5) is 10.1 Å². The van der Waals surface area contributed by atoms with Crippen LogP contribution in [0, 0.1) is 12.7 Å². The number of rotatable bonds is 2. The van der Waals surface area contributed by atoms with Crippen LogP contribution in [0.3, 0.4) is 0 Å². The Kier molecular flexibility index (Phi) is 4.11. The fourth-order valence-corrected chi connectivity index (χ4v) is 2.59. The van der Waals surface area contributed by atoms with Crippen molar-refractivity contribution in [2.24, 2.45) is 5.73 Å². The van der Waals surface area contributed by atoms with Crippen LogP contribution in [0.25, 0.3) is 0 Å². The van der Waals surface area contributed by atoms with Gasteiger partial charge in [0.2, 0.25) is 0 Å². The highest BCUT2D eigenvalue weighted by atomic mass is 19.1. The normalized spacial score (nSPS) is 22.6. The molecule has 2 atom stereocenters. The number of piperazine rings is 1. The van der Waals surface area contributed by atoms with Crippen molar-refractivity contribution in [1.82, 2.24) is 4.90 Å². The van der Waals surface area contributed by atoms with Crippen molar-refractivity contribution < 1.29 is 4.39 Å². The van der Waals surface area contributed by atoms with Gasteiger partial charge in [-0.2, -0.15) is 0 Å². The number of hydrogen-bond donors (Lipinski definition) is 1. The zero-order valence-electron chi connectivity index (χ0n) is 12.3. The Morgan fingerprint density at radius 2 is 2.05 bits per heavy atom. The predicted molar refractivity (Wildman–Crippen MR) is 78.0 cm³/mol. The maximum atomic E-state index is 13.7. The summed E-state index contributed by atoms with van der Waals surface area (Å²) in [4.78, 5) is 4.67. The largest absolute Gasteiger partial charge is 0.368 e. The molecule has 2 rings (SSSR count). The van der Waals surface area contributed by atoms with Gasteiger partial charge in [-0.15, -0.1) is 0 Å². The van der Waals surface area contributed by atoms with Crippen LogP contribution in [0.5, 0.6) is 0 Å². The van der Waals surface area contributed by atoms with Gasteiger partial charge in [0.1, 0.15) is 5.82 Å². The molecule has 19 heavy (non-hydrogen) atoms. The summed E-state index contributed by atoms with van der Waals surface area (Å²) in [5.41, 5.74) is 8.68. The minimum Gasteiger partial charge on any atom is -0.368 e. The van der Waals surface area contributed by atoms with E-state index in [1.54, 1.807) is 6.07 Å². The van der Waals surface area contributed by atoms with E-state index in [-0.39, 0.29) is 11.9 Å². The number of likely N-dealkylation sites (N-methyl/N-ethyl adjacent to an activating group) is 1. The molecule has 3 nitrogen and oxygen atoms in total. The highest BCUT2D eigenvalue weighted by molar-refractivity contribution is 5.57. The quantitative estimate of drug-likeness (QED) is 0.890. The second-order valence-electron chi connectivity index (χ2n) is 5.72. The molecule has 0 aliphatic carbocycles. The van der Waals surface area contributed by atoms with Crippen molar-refractivity contribution in [3.05, 3.63) is 29.1 Å². The topological polar surface area (TPSA) is 32.5 Å². The summed E-state index contributed by atoms with van der Waals surface area (Å²) in [6.07, 6.45) is 0. The van der Waals surface area contributed by atoms with E-state index in [9.17, 15) is 4.39 Å². The first-order chi connectivity index (χ1) is 8.90. The molecule has 1 aliphatic rings. The van der Waals surface area contributed by atoms with Crippen LogP contribution in [-0.2, 0) is 0 Å². The molecule has 106 valence electrons. The van der Waals surface area contributed by atoms with Crippen molar-refractivity contribution in [2.45, 2.75) is 32.9 Å². The molecule has 1 saturated heterocycles. The van der Waals surface area contributed by atoms with Crippen LogP contribution < -0.4 is 10.6 Å². The molecule has 0 radical (unpaired) electrons. The summed E-state index contributed by atoms with van der Waals surface area (Å²) < 4.78 is 13.7. The number of hydrogen-bond acceptors (Lipinski definition) is 3. The molecule has 1 aliphatic heterocycles. The van der Waals surface area contributed by atoms with E-state index >= 15 is 0 Å². The molecule has 0 amide bonds. The minimum absolute atomic E-state index is 0.153. The number of nitrogens with two attached hydrogens (primary N) is 1. The Morgan fingerprint density at radius 1 is 1.37 bits per heavy atom. The smallest absolute Gasteiger partial charge is 0.126 e. The second kappa shape index (κ2) is 5.47. The van der Waals surface area contributed by atoms with E-state index in [1.165, 1.54) is 0 Å². The number of benzene rings is 1. The Bertz CT molecular complexity index is 459. The third-order valence-electron chi connectivity index (χ3n) is 4.10. The first-order valence-electron chi connectivity index (χ1n) is 6.91. The molecule has 0 aromatic heterocycles. The van der Waals surface area contributed by atoms with Gasteiger partial charge in [-0.1, -0.05) is 0 Å². The zero-order chi connectivity index (χ0) is 14.2. The number of anilines is 1. The average Bonchev–Trinajstić information content (AvgIpc) is 2.35. The molecule has 4 heteroatoms. The molecule has 1 fully saturated rings. The van der Waals surface area contributed by atoms with Gasteiger partial charge >= 0.3 is 0 Å². The molecule has 1 heterocycles. The Balaban J connectivity index is 2.35. The van der Waals surface area contributed by atoms with Gasteiger partial charge in [-0.3, -0.25) is 0 Å². The monoisotopic (exact) mass is 265 g/mol. The third-order valence-corrected chi connectivity index (χ3v) is 4.10. The van der Waals surface area contributed by atoms with Gasteiger partial charge in [0.05, 0.1) is 0 Å². The van der Waals surface area contributed by atoms with Crippen LogP contribution in [-0.4, -0.2) is 37.6 Å². The summed E-state index contributed by atoms with van der Waals surface area (Å²) >= 11 is 0. The van der Waals surface area contributed by atoms with E-state index in [0.29, 0.717) is 11.6 Å². The highest BCUT2D eigenvalue weighted by Crippen LogP contribution is 2.29. The summed E-state index contributed by atoms with van der Waals surface area (Å²) in [6, 6.07) is 3.88. The molecule has 0 spiro atoms. The van der Waals surface area contributed by atoms with Gasteiger partial charge < -0.3 is 15.5 Å². The second-order valence-corrected chi connectivity index (χ2v) is 5.72. The molecule has 0 saturated carbocycles. The van der Waals surface area contributed by atoms with E-state index in [1.807, 2.05) is 19.9 Å². The van der Waals surface area contributed by atoms with Crippen LogP contribution in [0.2, 0.25) is 0 Å². The number of aryl methyl sites for hydroxylation is 1.